The Bertz CT molecular complexity index is 1350. The van der Waals surface area contributed by atoms with Crippen molar-refractivity contribution in [2.45, 2.75) is 76.3 Å². The molecular formula is C28H26N2O4S. The van der Waals surface area contributed by atoms with E-state index in [4.69, 9.17) is 0 Å². The van der Waals surface area contributed by atoms with Gasteiger partial charge in [0.25, 0.3) is 23.6 Å². The second-order valence-corrected chi connectivity index (χ2v) is 11.4. The van der Waals surface area contributed by atoms with Crippen molar-refractivity contribution >= 4 is 56.5 Å². The summed E-state index contributed by atoms with van der Waals surface area (Å²) in [6, 6.07) is 7.27. The summed E-state index contributed by atoms with van der Waals surface area (Å²) in [6.45, 7) is 0. The highest BCUT2D eigenvalue weighted by atomic mass is 32.1. The molecule has 35 heavy (non-hydrogen) atoms. The summed E-state index contributed by atoms with van der Waals surface area (Å²) in [7, 11) is 0. The van der Waals surface area contributed by atoms with Crippen LogP contribution >= 0.6 is 11.3 Å². The molecule has 2 aromatic carbocycles. The first-order chi connectivity index (χ1) is 17.1. The number of hydrogen-bond acceptors (Lipinski definition) is 5. The van der Waals surface area contributed by atoms with Crippen molar-refractivity contribution in [2.24, 2.45) is 0 Å². The molecule has 0 unspecified atom stereocenters. The molecular weight excluding hydrogens is 460 g/mol. The molecule has 2 aliphatic carbocycles. The Balaban J connectivity index is 1.51. The highest BCUT2D eigenvalue weighted by Gasteiger charge is 2.47. The van der Waals surface area contributed by atoms with Gasteiger partial charge in [0.2, 0.25) is 0 Å². The molecule has 0 bridgehead atoms. The van der Waals surface area contributed by atoms with E-state index < -0.39 is 0 Å². The molecule has 6 nitrogen and oxygen atoms in total. The third kappa shape index (κ3) is 2.82. The molecule has 0 saturated heterocycles. The molecule has 4 aliphatic rings. The minimum atomic E-state index is -0.303. The minimum Gasteiger partial charge on any atom is -0.271 e. The molecule has 3 heterocycles. The molecule has 0 N–H and O–H groups in total. The number of hydrogen-bond donors (Lipinski definition) is 0. The van der Waals surface area contributed by atoms with E-state index in [0.717, 1.165) is 64.2 Å². The molecule has 1 aromatic heterocycles. The SMILES string of the molecule is O=C1c2sc3c4c(c5ccccc5c(c24)C(=O)N1C1CCCCC1)C(=O)N(C1CCCCC1)C3=O. The smallest absolute Gasteiger partial charge is 0.271 e. The van der Waals surface area contributed by atoms with Gasteiger partial charge in [-0.25, -0.2) is 0 Å². The summed E-state index contributed by atoms with van der Waals surface area (Å²) in [5.74, 6) is -1.17. The van der Waals surface area contributed by atoms with Crippen LogP contribution in [0.15, 0.2) is 24.3 Å². The lowest BCUT2D eigenvalue weighted by molar-refractivity contribution is 0.0490. The first-order valence-corrected chi connectivity index (χ1v) is 13.7. The third-order valence-electron chi connectivity index (χ3n) is 8.45. The molecule has 3 aromatic rings. The number of rotatable bonds is 2. The van der Waals surface area contributed by atoms with Crippen LogP contribution in [0.2, 0.25) is 0 Å². The maximum absolute atomic E-state index is 14.0. The van der Waals surface area contributed by atoms with Crippen LogP contribution in [-0.2, 0) is 0 Å². The molecule has 4 amide bonds. The van der Waals surface area contributed by atoms with Crippen LogP contribution in [0.3, 0.4) is 0 Å². The first-order valence-electron chi connectivity index (χ1n) is 12.8. The lowest BCUT2D eigenvalue weighted by atomic mass is 9.85. The number of imide groups is 2. The summed E-state index contributed by atoms with van der Waals surface area (Å²) in [6.07, 6.45) is 9.52. The van der Waals surface area contributed by atoms with Crippen molar-refractivity contribution in [1.29, 1.82) is 0 Å². The maximum atomic E-state index is 14.0. The van der Waals surface area contributed by atoms with E-state index >= 15 is 0 Å². The molecule has 7 rings (SSSR count). The Hall–Kier alpha value is -3.06. The van der Waals surface area contributed by atoms with Crippen LogP contribution in [0.25, 0.3) is 21.5 Å². The van der Waals surface area contributed by atoms with Crippen molar-refractivity contribution in [3.8, 4) is 0 Å². The van der Waals surface area contributed by atoms with Crippen LogP contribution in [0, 0.1) is 0 Å². The molecule has 178 valence electrons. The molecule has 2 saturated carbocycles. The average molecular weight is 487 g/mol. The molecule has 2 aliphatic heterocycles. The number of nitrogens with zero attached hydrogens (tertiary/aromatic N) is 2. The highest BCUT2D eigenvalue weighted by molar-refractivity contribution is 7.18. The van der Waals surface area contributed by atoms with Gasteiger partial charge in [-0.15, -0.1) is 11.3 Å². The van der Waals surface area contributed by atoms with Crippen molar-refractivity contribution in [3.63, 3.8) is 0 Å². The van der Waals surface area contributed by atoms with E-state index in [1.54, 1.807) is 0 Å². The summed E-state index contributed by atoms with van der Waals surface area (Å²) in [5.41, 5.74) is 0.961. The predicted molar refractivity (Wildman–Crippen MR) is 134 cm³/mol. The summed E-state index contributed by atoms with van der Waals surface area (Å²) in [5, 5.41) is 2.44. The van der Waals surface area contributed by atoms with Crippen LogP contribution in [0.1, 0.15) is 104 Å². The largest absolute Gasteiger partial charge is 0.271 e. The third-order valence-corrected chi connectivity index (χ3v) is 9.61. The van der Waals surface area contributed by atoms with E-state index in [9.17, 15) is 19.2 Å². The van der Waals surface area contributed by atoms with Gasteiger partial charge in [-0.3, -0.25) is 29.0 Å². The molecule has 7 heteroatoms. The number of amides is 4. The monoisotopic (exact) mass is 486 g/mol. The number of carbonyl (C=O) groups excluding carboxylic acids is 4. The lowest BCUT2D eigenvalue weighted by Crippen LogP contribution is -2.48. The van der Waals surface area contributed by atoms with Gasteiger partial charge in [-0.1, -0.05) is 62.8 Å². The van der Waals surface area contributed by atoms with Crippen molar-refractivity contribution in [3.05, 3.63) is 45.1 Å². The van der Waals surface area contributed by atoms with Gasteiger partial charge in [0, 0.05) is 22.9 Å². The number of carbonyl (C=O) groups is 4. The Morgan fingerprint density at radius 1 is 0.571 bits per heavy atom. The van der Waals surface area contributed by atoms with Gasteiger partial charge in [0.1, 0.15) is 9.75 Å². The van der Waals surface area contributed by atoms with Crippen molar-refractivity contribution in [2.75, 3.05) is 0 Å². The van der Waals surface area contributed by atoms with Gasteiger partial charge in [-0.2, -0.15) is 0 Å². The summed E-state index contributed by atoms with van der Waals surface area (Å²) in [4.78, 5) is 59.3. The number of thiophene rings is 1. The fourth-order valence-corrected chi connectivity index (χ4v) is 8.02. The minimum absolute atomic E-state index is 0.114. The van der Waals surface area contributed by atoms with Crippen LogP contribution in [0.5, 0.6) is 0 Å². The summed E-state index contributed by atoms with van der Waals surface area (Å²) >= 11 is 1.18. The highest BCUT2D eigenvalue weighted by Crippen LogP contribution is 2.48. The van der Waals surface area contributed by atoms with E-state index in [1.807, 2.05) is 24.3 Å². The Kier molecular flexibility index (Phi) is 4.68. The predicted octanol–water partition coefficient (Wildman–Crippen LogP) is 5.91. The molecule has 0 atom stereocenters. The Morgan fingerprint density at radius 3 is 1.37 bits per heavy atom. The zero-order chi connectivity index (χ0) is 23.8. The fraction of sp³-hybridized carbons (Fsp3) is 0.429. The normalized spacial score (nSPS) is 21.6. The Morgan fingerprint density at radius 2 is 0.971 bits per heavy atom. The van der Waals surface area contributed by atoms with Crippen LogP contribution in [-0.4, -0.2) is 45.5 Å². The zero-order valence-electron chi connectivity index (χ0n) is 19.5. The quantitative estimate of drug-likeness (QED) is 0.422. The average Bonchev–Trinajstić information content (AvgIpc) is 3.28. The standard InChI is InChI=1S/C28H26N2O4S/c31-25-19-17-13-7-8-14-18(17)20-22-21(19)23(27(33)29(25)15-9-3-1-4-10-15)35-24(22)28(34)30(26(20)32)16-11-5-2-6-12-16/h7-8,13-16H,1-6,9-12H2. The van der Waals surface area contributed by atoms with Gasteiger partial charge in [0.15, 0.2) is 0 Å². The molecule has 0 radical (unpaired) electrons. The Labute approximate surface area is 206 Å². The van der Waals surface area contributed by atoms with E-state index in [2.05, 4.69) is 0 Å². The van der Waals surface area contributed by atoms with Crippen molar-refractivity contribution < 1.29 is 19.2 Å². The number of fused-ring (bicyclic) bond motifs is 3. The van der Waals surface area contributed by atoms with Crippen LogP contribution < -0.4 is 0 Å². The second-order valence-electron chi connectivity index (χ2n) is 10.4. The van der Waals surface area contributed by atoms with E-state index in [1.165, 1.54) is 21.1 Å². The van der Waals surface area contributed by atoms with E-state index in [0.29, 0.717) is 42.4 Å². The summed E-state index contributed by atoms with van der Waals surface area (Å²) < 4.78 is 0. The second kappa shape index (κ2) is 7.72. The van der Waals surface area contributed by atoms with Gasteiger partial charge in [0.05, 0.1) is 11.1 Å². The van der Waals surface area contributed by atoms with Gasteiger partial charge < -0.3 is 0 Å². The zero-order valence-corrected chi connectivity index (χ0v) is 20.3. The topological polar surface area (TPSA) is 74.8 Å². The van der Waals surface area contributed by atoms with E-state index in [-0.39, 0.29) is 35.7 Å². The number of benzene rings is 2. The fourth-order valence-electron chi connectivity index (χ4n) is 6.83. The molecule has 2 fully saturated rings. The maximum Gasteiger partial charge on any atom is 0.271 e. The lowest BCUT2D eigenvalue weighted by Gasteiger charge is -2.36. The first kappa shape index (κ1) is 21.2. The molecule has 0 spiro atoms. The van der Waals surface area contributed by atoms with Gasteiger partial charge in [-0.05, 0) is 36.5 Å². The van der Waals surface area contributed by atoms with Crippen molar-refractivity contribution in [1.82, 2.24) is 9.80 Å². The van der Waals surface area contributed by atoms with Gasteiger partial charge >= 0.3 is 0 Å². The van der Waals surface area contributed by atoms with Crippen LogP contribution in [0.4, 0.5) is 0 Å².